The monoisotopic (exact) mass is 282 g/mol. The largest absolute Gasteiger partial charge is 0.466 e. The molecule has 0 bridgehead atoms. The summed E-state index contributed by atoms with van der Waals surface area (Å²) >= 11 is 17.3. The summed E-state index contributed by atoms with van der Waals surface area (Å²) in [5, 5.41) is 0.0610. The van der Waals surface area contributed by atoms with Crippen molar-refractivity contribution in [1.82, 2.24) is 9.97 Å². The fourth-order valence-corrected chi connectivity index (χ4v) is 2.11. The van der Waals surface area contributed by atoms with Crippen molar-refractivity contribution in [3.05, 3.63) is 21.2 Å². The fourth-order valence-electron chi connectivity index (χ4n) is 1.13. The molecule has 16 heavy (non-hydrogen) atoms. The molecule has 1 aromatic heterocycles. The average molecular weight is 284 g/mol. The molecule has 1 atom stereocenters. The third-order valence-electron chi connectivity index (χ3n) is 1.90. The first-order valence-electron chi connectivity index (χ1n) is 4.52. The molecule has 0 aliphatic rings. The fraction of sp³-hybridized carbons (Fsp3) is 0.444. The van der Waals surface area contributed by atoms with Crippen LogP contribution < -0.4 is 0 Å². The van der Waals surface area contributed by atoms with Crippen LogP contribution >= 0.6 is 34.8 Å². The van der Waals surface area contributed by atoms with E-state index in [-0.39, 0.29) is 22.2 Å². The molecule has 0 saturated carbocycles. The number of ether oxygens (including phenoxy) is 1. The van der Waals surface area contributed by atoms with Gasteiger partial charge >= 0.3 is 5.97 Å². The first-order chi connectivity index (χ1) is 7.47. The highest BCUT2D eigenvalue weighted by atomic mass is 35.5. The van der Waals surface area contributed by atoms with E-state index in [0.717, 1.165) is 0 Å². The maximum absolute atomic E-state index is 11.5. The van der Waals surface area contributed by atoms with Gasteiger partial charge in [-0.3, -0.25) is 4.79 Å². The Morgan fingerprint density at radius 2 is 1.81 bits per heavy atom. The van der Waals surface area contributed by atoms with Crippen molar-refractivity contribution in [3.63, 3.8) is 0 Å². The van der Waals surface area contributed by atoms with Gasteiger partial charge < -0.3 is 4.74 Å². The van der Waals surface area contributed by atoms with E-state index in [9.17, 15) is 4.79 Å². The number of carbonyl (C=O) groups is 1. The van der Waals surface area contributed by atoms with Crippen LogP contribution in [-0.4, -0.2) is 22.5 Å². The molecule has 0 unspecified atom stereocenters. The number of aromatic nitrogens is 2. The molecule has 4 nitrogen and oxygen atoms in total. The highest BCUT2D eigenvalue weighted by Gasteiger charge is 2.24. The Morgan fingerprint density at radius 3 is 2.25 bits per heavy atom. The van der Waals surface area contributed by atoms with E-state index in [0.29, 0.717) is 5.56 Å². The third kappa shape index (κ3) is 2.97. The number of rotatable bonds is 3. The van der Waals surface area contributed by atoms with Gasteiger partial charge in [0.2, 0.25) is 5.28 Å². The molecule has 0 aliphatic heterocycles. The second kappa shape index (κ2) is 5.66. The lowest BCUT2D eigenvalue weighted by molar-refractivity contribution is -0.144. The van der Waals surface area contributed by atoms with Gasteiger partial charge in [-0.1, -0.05) is 23.2 Å². The minimum Gasteiger partial charge on any atom is -0.466 e. The van der Waals surface area contributed by atoms with E-state index in [1.807, 2.05) is 0 Å². The Balaban J connectivity index is 3.08. The normalized spacial score (nSPS) is 12.3. The number of esters is 1. The average Bonchev–Trinajstić information content (AvgIpc) is 2.16. The van der Waals surface area contributed by atoms with Crippen LogP contribution in [0.3, 0.4) is 0 Å². The quantitative estimate of drug-likeness (QED) is 0.486. The van der Waals surface area contributed by atoms with Crippen LogP contribution in [0.15, 0.2) is 0 Å². The molecular weight excluding hydrogens is 274 g/mol. The molecule has 0 N–H and O–H groups in total. The van der Waals surface area contributed by atoms with Crippen LogP contribution in [0.2, 0.25) is 15.6 Å². The molecule has 0 spiro atoms. The van der Waals surface area contributed by atoms with Gasteiger partial charge in [-0.25, -0.2) is 9.97 Å². The molecule has 0 fully saturated rings. The molecule has 1 aromatic rings. The SMILES string of the molecule is CCOC(=O)[C@@H](C)c1c(Cl)nc(Cl)nc1Cl. The van der Waals surface area contributed by atoms with Crippen LogP contribution in [0.5, 0.6) is 0 Å². The van der Waals surface area contributed by atoms with Crippen molar-refractivity contribution < 1.29 is 9.53 Å². The summed E-state index contributed by atoms with van der Waals surface area (Å²) in [6.45, 7) is 3.61. The highest BCUT2D eigenvalue weighted by Crippen LogP contribution is 2.30. The number of halogens is 3. The Kier molecular flexibility index (Phi) is 4.77. The summed E-state index contributed by atoms with van der Waals surface area (Å²) in [6.07, 6.45) is 0. The first-order valence-corrected chi connectivity index (χ1v) is 5.65. The standard InChI is InChI=1S/C9H9Cl3N2O2/c1-3-16-8(15)4(2)5-6(10)13-9(12)14-7(5)11/h4H,3H2,1-2H3/t4-/m0/s1. The van der Waals surface area contributed by atoms with Gasteiger partial charge in [0, 0.05) is 5.56 Å². The maximum Gasteiger partial charge on any atom is 0.313 e. The van der Waals surface area contributed by atoms with Crippen LogP contribution in [-0.2, 0) is 9.53 Å². The van der Waals surface area contributed by atoms with Gasteiger partial charge in [0.15, 0.2) is 0 Å². The molecule has 0 aliphatic carbocycles. The van der Waals surface area contributed by atoms with E-state index < -0.39 is 11.9 Å². The van der Waals surface area contributed by atoms with Gasteiger partial charge in [-0.05, 0) is 25.4 Å². The molecule has 1 rings (SSSR count). The topological polar surface area (TPSA) is 52.1 Å². The van der Waals surface area contributed by atoms with Crippen molar-refractivity contribution in [2.45, 2.75) is 19.8 Å². The lowest BCUT2D eigenvalue weighted by atomic mass is 10.1. The van der Waals surface area contributed by atoms with Crippen LogP contribution in [0, 0.1) is 0 Å². The number of hydrogen-bond donors (Lipinski definition) is 0. The molecule has 0 radical (unpaired) electrons. The maximum atomic E-state index is 11.5. The molecule has 0 amide bonds. The third-order valence-corrected chi connectivity index (χ3v) is 2.64. The van der Waals surface area contributed by atoms with Gasteiger partial charge in [0.1, 0.15) is 10.3 Å². The molecule has 0 aromatic carbocycles. The molecule has 0 saturated heterocycles. The van der Waals surface area contributed by atoms with Crippen LogP contribution in [0.1, 0.15) is 25.3 Å². The summed E-state index contributed by atoms with van der Waals surface area (Å²) < 4.78 is 4.85. The van der Waals surface area contributed by atoms with Crippen molar-refractivity contribution >= 4 is 40.8 Å². The lowest BCUT2D eigenvalue weighted by Crippen LogP contribution is -2.14. The van der Waals surface area contributed by atoms with E-state index in [2.05, 4.69) is 9.97 Å². The summed E-state index contributed by atoms with van der Waals surface area (Å²) in [6, 6.07) is 0. The van der Waals surface area contributed by atoms with Gasteiger partial charge in [-0.15, -0.1) is 0 Å². The van der Waals surface area contributed by atoms with Crippen molar-refractivity contribution in [3.8, 4) is 0 Å². The zero-order valence-corrected chi connectivity index (χ0v) is 10.9. The Bertz CT molecular complexity index is 389. The smallest absolute Gasteiger partial charge is 0.313 e. The molecular formula is C9H9Cl3N2O2. The summed E-state index contributed by atoms with van der Waals surface area (Å²) in [4.78, 5) is 19.0. The highest BCUT2D eigenvalue weighted by molar-refractivity contribution is 6.36. The van der Waals surface area contributed by atoms with Gasteiger partial charge in [0.25, 0.3) is 0 Å². The Hall–Kier alpha value is -0.580. The van der Waals surface area contributed by atoms with E-state index in [1.54, 1.807) is 13.8 Å². The van der Waals surface area contributed by atoms with Gasteiger partial charge in [-0.2, -0.15) is 0 Å². The minimum absolute atomic E-state index is 0.0604. The Labute approximate surface area is 108 Å². The van der Waals surface area contributed by atoms with Gasteiger partial charge in [0.05, 0.1) is 12.5 Å². The summed E-state index contributed by atoms with van der Waals surface area (Å²) in [5.41, 5.74) is 0.325. The van der Waals surface area contributed by atoms with E-state index in [1.165, 1.54) is 0 Å². The van der Waals surface area contributed by atoms with Crippen molar-refractivity contribution in [1.29, 1.82) is 0 Å². The number of hydrogen-bond acceptors (Lipinski definition) is 4. The van der Waals surface area contributed by atoms with Crippen LogP contribution in [0.4, 0.5) is 0 Å². The first kappa shape index (κ1) is 13.5. The number of nitrogens with zero attached hydrogens (tertiary/aromatic N) is 2. The molecule has 7 heteroatoms. The molecule has 88 valence electrons. The predicted molar refractivity (Wildman–Crippen MR) is 62.1 cm³/mol. The van der Waals surface area contributed by atoms with Crippen molar-refractivity contribution in [2.75, 3.05) is 6.61 Å². The minimum atomic E-state index is -0.628. The van der Waals surface area contributed by atoms with Crippen LogP contribution in [0.25, 0.3) is 0 Å². The van der Waals surface area contributed by atoms with Crippen molar-refractivity contribution in [2.24, 2.45) is 0 Å². The predicted octanol–water partition coefficient (Wildman–Crippen LogP) is 3.10. The Morgan fingerprint density at radius 1 is 1.31 bits per heavy atom. The zero-order valence-electron chi connectivity index (χ0n) is 8.63. The second-order valence-electron chi connectivity index (χ2n) is 2.96. The number of carbonyl (C=O) groups excluding carboxylic acids is 1. The summed E-state index contributed by atoms with van der Waals surface area (Å²) in [5.74, 6) is -1.06. The lowest BCUT2D eigenvalue weighted by Gasteiger charge is -2.12. The summed E-state index contributed by atoms with van der Waals surface area (Å²) in [7, 11) is 0. The van der Waals surface area contributed by atoms with E-state index in [4.69, 9.17) is 39.5 Å². The molecule has 1 heterocycles. The van der Waals surface area contributed by atoms with E-state index >= 15 is 0 Å². The zero-order chi connectivity index (χ0) is 12.3. The second-order valence-corrected chi connectivity index (χ2v) is 4.02.